The maximum absolute atomic E-state index is 12.1. The van der Waals surface area contributed by atoms with Crippen molar-refractivity contribution in [3.63, 3.8) is 0 Å². The summed E-state index contributed by atoms with van der Waals surface area (Å²) >= 11 is -0.786. The molecule has 0 aromatic carbocycles. The van der Waals surface area contributed by atoms with Gasteiger partial charge in [-0.05, 0) is 40.2 Å². The molecule has 1 N–H and O–H groups in total. The van der Waals surface area contributed by atoms with Crippen molar-refractivity contribution in [3.8, 4) is 0 Å². The molecule has 3 nitrogen and oxygen atoms in total. The van der Waals surface area contributed by atoms with Crippen LogP contribution in [0.3, 0.4) is 0 Å². The third kappa shape index (κ3) is 3.36. The van der Waals surface area contributed by atoms with E-state index < -0.39 is 11.4 Å². The smallest absolute Gasteiger partial charge is 0.123 e. The molecule has 0 spiro atoms. The van der Waals surface area contributed by atoms with Crippen LogP contribution in [0.4, 0.5) is 0 Å². The van der Waals surface area contributed by atoms with E-state index in [-0.39, 0.29) is 0 Å². The minimum Gasteiger partial charge on any atom is -0.598 e. The molecule has 1 rings (SSSR count). The van der Waals surface area contributed by atoms with Crippen LogP contribution in [0.15, 0.2) is 0 Å². The zero-order valence-electron chi connectivity index (χ0n) is 11.0. The van der Waals surface area contributed by atoms with Crippen molar-refractivity contribution >= 4 is 11.4 Å². The lowest BCUT2D eigenvalue weighted by Crippen LogP contribution is -2.55. The lowest BCUT2D eigenvalue weighted by molar-refractivity contribution is 0.154. The molecule has 0 aliphatic carbocycles. The van der Waals surface area contributed by atoms with Gasteiger partial charge in [0.05, 0.1) is 12.1 Å². The SMILES string of the molecule is CCCC1CC(NC)CC(C)N1[S+]([O-])CC. The monoisotopic (exact) mass is 246 g/mol. The number of hydrogen-bond acceptors (Lipinski definition) is 3. The summed E-state index contributed by atoms with van der Waals surface area (Å²) in [5, 5.41) is 3.37. The highest BCUT2D eigenvalue weighted by Gasteiger charge is 2.38. The maximum atomic E-state index is 12.1. The molecular weight excluding hydrogens is 220 g/mol. The van der Waals surface area contributed by atoms with E-state index >= 15 is 0 Å². The van der Waals surface area contributed by atoms with E-state index in [2.05, 4.69) is 23.5 Å². The van der Waals surface area contributed by atoms with Crippen LogP contribution in [0.2, 0.25) is 0 Å². The molecule has 4 heteroatoms. The molecule has 0 radical (unpaired) electrons. The van der Waals surface area contributed by atoms with Crippen LogP contribution in [-0.2, 0) is 11.4 Å². The van der Waals surface area contributed by atoms with Gasteiger partial charge in [-0.1, -0.05) is 13.3 Å². The Labute approximate surface area is 103 Å². The highest BCUT2D eigenvalue weighted by Crippen LogP contribution is 2.29. The summed E-state index contributed by atoms with van der Waals surface area (Å²) in [6.07, 6.45) is 4.59. The summed E-state index contributed by atoms with van der Waals surface area (Å²) in [7, 11) is 2.03. The normalized spacial score (nSPS) is 33.9. The highest BCUT2D eigenvalue weighted by atomic mass is 32.2. The first-order valence-electron chi connectivity index (χ1n) is 6.48. The molecule has 0 amide bonds. The van der Waals surface area contributed by atoms with Gasteiger partial charge in [-0.2, -0.15) is 0 Å². The number of nitrogens with zero attached hydrogens (tertiary/aromatic N) is 1. The Balaban J connectivity index is 2.70. The van der Waals surface area contributed by atoms with Crippen molar-refractivity contribution in [2.75, 3.05) is 12.8 Å². The molecule has 0 saturated carbocycles. The van der Waals surface area contributed by atoms with Crippen LogP contribution in [0.25, 0.3) is 0 Å². The number of rotatable bonds is 5. The van der Waals surface area contributed by atoms with Gasteiger partial charge in [-0.3, -0.25) is 0 Å². The third-order valence-corrected chi connectivity index (χ3v) is 5.11. The number of nitrogens with one attached hydrogen (secondary N) is 1. The van der Waals surface area contributed by atoms with Gasteiger partial charge in [0.1, 0.15) is 5.75 Å². The van der Waals surface area contributed by atoms with Crippen molar-refractivity contribution in [2.45, 2.75) is 64.6 Å². The summed E-state index contributed by atoms with van der Waals surface area (Å²) < 4.78 is 14.3. The number of hydrogen-bond donors (Lipinski definition) is 1. The van der Waals surface area contributed by atoms with E-state index in [1.165, 1.54) is 6.42 Å². The fourth-order valence-electron chi connectivity index (χ4n) is 2.73. The van der Waals surface area contributed by atoms with Crippen molar-refractivity contribution in [2.24, 2.45) is 0 Å². The minimum absolute atomic E-state index is 0.434. The summed E-state index contributed by atoms with van der Waals surface area (Å²) in [6.45, 7) is 6.43. The third-order valence-electron chi connectivity index (χ3n) is 3.49. The first kappa shape index (κ1) is 14.3. The minimum atomic E-state index is -0.786. The fourth-order valence-corrected chi connectivity index (χ4v) is 4.04. The number of piperidine rings is 1. The second-order valence-electron chi connectivity index (χ2n) is 4.72. The van der Waals surface area contributed by atoms with Crippen LogP contribution in [0.5, 0.6) is 0 Å². The first-order valence-corrected chi connectivity index (χ1v) is 7.75. The highest BCUT2D eigenvalue weighted by molar-refractivity contribution is 7.89. The van der Waals surface area contributed by atoms with Crippen LogP contribution in [0.1, 0.15) is 46.5 Å². The average molecular weight is 246 g/mol. The lowest BCUT2D eigenvalue weighted by atomic mass is 9.92. The molecule has 4 atom stereocenters. The van der Waals surface area contributed by atoms with Crippen molar-refractivity contribution < 1.29 is 4.55 Å². The topological polar surface area (TPSA) is 38.3 Å². The average Bonchev–Trinajstić information content (AvgIpc) is 2.28. The Morgan fingerprint density at radius 2 is 2.06 bits per heavy atom. The van der Waals surface area contributed by atoms with Crippen molar-refractivity contribution in [1.29, 1.82) is 0 Å². The Hall–Kier alpha value is 0.230. The van der Waals surface area contributed by atoms with Gasteiger partial charge in [0.25, 0.3) is 0 Å². The van der Waals surface area contributed by atoms with Gasteiger partial charge >= 0.3 is 0 Å². The van der Waals surface area contributed by atoms with Gasteiger partial charge in [-0.15, -0.1) is 4.31 Å². The molecule has 1 aliphatic heterocycles. The lowest BCUT2D eigenvalue weighted by Gasteiger charge is -2.42. The Morgan fingerprint density at radius 3 is 2.56 bits per heavy atom. The molecule has 0 aromatic heterocycles. The van der Waals surface area contributed by atoms with E-state index in [0.29, 0.717) is 18.1 Å². The predicted molar refractivity (Wildman–Crippen MR) is 70.8 cm³/mol. The zero-order valence-corrected chi connectivity index (χ0v) is 11.8. The van der Waals surface area contributed by atoms with E-state index in [9.17, 15) is 4.55 Å². The van der Waals surface area contributed by atoms with Gasteiger partial charge in [-0.25, -0.2) is 0 Å². The van der Waals surface area contributed by atoms with Gasteiger partial charge in [0, 0.05) is 17.4 Å². The summed E-state index contributed by atoms with van der Waals surface area (Å²) in [5.41, 5.74) is 0. The van der Waals surface area contributed by atoms with Crippen LogP contribution >= 0.6 is 0 Å². The Bertz CT molecular complexity index is 203. The van der Waals surface area contributed by atoms with Gasteiger partial charge < -0.3 is 9.87 Å². The van der Waals surface area contributed by atoms with Gasteiger partial charge in [0.2, 0.25) is 0 Å². The molecular formula is C12H26N2OS. The Morgan fingerprint density at radius 1 is 1.38 bits per heavy atom. The van der Waals surface area contributed by atoms with Gasteiger partial charge in [0.15, 0.2) is 0 Å². The van der Waals surface area contributed by atoms with E-state index in [0.717, 1.165) is 25.0 Å². The predicted octanol–water partition coefficient (Wildman–Crippen LogP) is 1.91. The largest absolute Gasteiger partial charge is 0.598 e. The molecule has 1 fully saturated rings. The Kier molecular flexibility index (Phi) is 6.11. The molecule has 1 aliphatic rings. The molecule has 4 unspecified atom stereocenters. The molecule has 1 heterocycles. The quantitative estimate of drug-likeness (QED) is 0.753. The van der Waals surface area contributed by atoms with E-state index in [1.54, 1.807) is 0 Å². The first-order chi connectivity index (χ1) is 7.63. The summed E-state index contributed by atoms with van der Waals surface area (Å²) in [5.74, 6) is 0.745. The summed E-state index contributed by atoms with van der Waals surface area (Å²) in [4.78, 5) is 0. The van der Waals surface area contributed by atoms with Crippen LogP contribution < -0.4 is 5.32 Å². The standard InChI is InChI=1S/C12H26N2OS/c1-5-7-12-9-11(13-4)8-10(3)14(12)16(15)6-2/h10-13H,5-9H2,1-4H3. The molecule has 1 saturated heterocycles. The zero-order chi connectivity index (χ0) is 12.1. The van der Waals surface area contributed by atoms with E-state index in [4.69, 9.17) is 0 Å². The maximum Gasteiger partial charge on any atom is 0.123 e. The van der Waals surface area contributed by atoms with E-state index in [1.807, 2.05) is 14.0 Å². The molecule has 0 aromatic rings. The van der Waals surface area contributed by atoms with Crippen molar-refractivity contribution in [3.05, 3.63) is 0 Å². The fraction of sp³-hybridized carbons (Fsp3) is 1.00. The molecule has 16 heavy (non-hydrogen) atoms. The van der Waals surface area contributed by atoms with Crippen LogP contribution in [0, 0.1) is 0 Å². The van der Waals surface area contributed by atoms with Crippen molar-refractivity contribution in [1.82, 2.24) is 9.62 Å². The van der Waals surface area contributed by atoms with Crippen LogP contribution in [-0.4, -0.2) is 39.8 Å². The second kappa shape index (κ2) is 6.84. The second-order valence-corrected chi connectivity index (χ2v) is 6.36. The molecule has 96 valence electrons. The molecule has 0 bridgehead atoms. The summed E-state index contributed by atoms with van der Waals surface area (Å²) in [6, 6.07) is 1.52.